The molecule has 1 aliphatic rings. The van der Waals surface area contributed by atoms with Gasteiger partial charge in [0, 0.05) is 18.7 Å². The van der Waals surface area contributed by atoms with Gasteiger partial charge in [-0.2, -0.15) is 13.2 Å². The molecular weight excluding hydrogens is 257 g/mol. The SMILES string of the molecule is CC(C(=O)Nc1ccccc1C(F)(F)F)=C1CNC1. The Morgan fingerprint density at radius 3 is 2.42 bits per heavy atom. The largest absolute Gasteiger partial charge is 0.418 e. The number of alkyl halides is 3. The Kier molecular flexibility index (Phi) is 3.61. The number of amides is 1. The molecule has 1 fully saturated rings. The molecule has 6 heteroatoms. The number of carbonyl (C=O) groups is 1. The molecule has 1 amide bonds. The summed E-state index contributed by atoms with van der Waals surface area (Å²) in [6, 6.07) is 4.94. The smallest absolute Gasteiger partial charge is 0.322 e. The van der Waals surface area contributed by atoms with E-state index >= 15 is 0 Å². The molecular formula is C13H13F3N2O. The van der Waals surface area contributed by atoms with E-state index in [2.05, 4.69) is 10.6 Å². The highest BCUT2D eigenvalue weighted by Crippen LogP contribution is 2.34. The number of para-hydroxylation sites is 1. The van der Waals surface area contributed by atoms with Crippen LogP contribution in [0.15, 0.2) is 35.4 Å². The van der Waals surface area contributed by atoms with E-state index in [1.807, 2.05) is 0 Å². The van der Waals surface area contributed by atoms with E-state index in [-0.39, 0.29) is 5.69 Å². The van der Waals surface area contributed by atoms with E-state index in [0.717, 1.165) is 11.6 Å². The number of benzene rings is 1. The number of carbonyl (C=O) groups excluding carboxylic acids is 1. The molecule has 0 unspecified atom stereocenters. The average molecular weight is 270 g/mol. The van der Waals surface area contributed by atoms with Crippen LogP contribution < -0.4 is 10.6 Å². The molecule has 0 saturated carbocycles. The first-order chi connectivity index (χ1) is 8.89. The predicted molar refractivity (Wildman–Crippen MR) is 65.6 cm³/mol. The molecule has 2 N–H and O–H groups in total. The van der Waals surface area contributed by atoms with Gasteiger partial charge in [0.15, 0.2) is 0 Å². The van der Waals surface area contributed by atoms with Crippen molar-refractivity contribution < 1.29 is 18.0 Å². The summed E-state index contributed by atoms with van der Waals surface area (Å²) in [6.45, 7) is 2.84. The van der Waals surface area contributed by atoms with Crippen molar-refractivity contribution in [2.75, 3.05) is 18.4 Å². The Balaban J connectivity index is 2.22. The second kappa shape index (κ2) is 5.05. The summed E-state index contributed by atoms with van der Waals surface area (Å²) in [5, 5.41) is 5.30. The lowest BCUT2D eigenvalue weighted by Crippen LogP contribution is -2.36. The third-order valence-corrected chi connectivity index (χ3v) is 3.03. The van der Waals surface area contributed by atoms with Crippen LogP contribution in [0, 0.1) is 0 Å². The Hall–Kier alpha value is -1.82. The van der Waals surface area contributed by atoms with Gasteiger partial charge in [-0.05, 0) is 24.6 Å². The van der Waals surface area contributed by atoms with Crippen LogP contribution in [0.1, 0.15) is 12.5 Å². The molecule has 0 spiro atoms. The van der Waals surface area contributed by atoms with Gasteiger partial charge in [0.05, 0.1) is 11.3 Å². The molecule has 2 rings (SSSR count). The average Bonchev–Trinajstić information content (AvgIpc) is 2.25. The third kappa shape index (κ3) is 2.96. The Morgan fingerprint density at radius 2 is 1.89 bits per heavy atom. The molecule has 0 atom stereocenters. The molecule has 1 aliphatic heterocycles. The van der Waals surface area contributed by atoms with Crippen LogP contribution in [0.4, 0.5) is 18.9 Å². The fourth-order valence-electron chi connectivity index (χ4n) is 1.73. The van der Waals surface area contributed by atoms with Gasteiger partial charge in [-0.3, -0.25) is 4.79 Å². The molecule has 1 heterocycles. The fraction of sp³-hybridized carbons (Fsp3) is 0.308. The zero-order valence-electron chi connectivity index (χ0n) is 10.3. The molecule has 19 heavy (non-hydrogen) atoms. The van der Waals surface area contributed by atoms with Gasteiger partial charge in [0.25, 0.3) is 5.91 Å². The maximum atomic E-state index is 12.8. The quantitative estimate of drug-likeness (QED) is 0.811. The number of anilines is 1. The highest BCUT2D eigenvalue weighted by Gasteiger charge is 2.33. The van der Waals surface area contributed by atoms with Gasteiger partial charge in [-0.15, -0.1) is 0 Å². The molecule has 3 nitrogen and oxygen atoms in total. The van der Waals surface area contributed by atoms with Crippen molar-refractivity contribution in [2.24, 2.45) is 0 Å². The van der Waals surface area contributed by atoms with Crippen molar-refractivity contribution >= 4 is 11.6 Å². The van der Waals surface area contributed by atoms with Crippen LogP contribution in [0.3, 0.4) is 0 Å². The van der Waals surface area contributed by atoms with E-state index in [1.165, 1.54) is 18.2 Å². The molecule has 0 aliphatic carbocycles. The normalized spacial score (nSPS) is 14.8. The minimum atomic E-state index is -4.48. The lowest BCUT2D eigenvalue weighted by atomic mass is 10.0. The number of rotatable bonds is 2. The highest BCUT2D eigenvalue weighted by molar-refractivity contribution is 6.04. The Morgan fingerprint density at radius 1 is 1.26 bits per heavy atom. The van der Waals surface area contributed by atoms with E-state index in [4.69, 9.17) is 0 Å². The predicted octanol–water partition coefficient (Wildman–Crippen LogP) is 2.56. The molecule has 0 bridgehead atoms. The third-order valence-electron chi connectivity index (χ3n) is 3.03. The fourth-order valence-corrected chi connectivity index (χ4v) is 1.73. The van der Waals surface area contributed by atoms with Crippen LogP contribution in [0.5, 0.6) is 0 Å². The van der Waals surface area contributed by atoms with Crippen molar-refractivity contribution in [3.63, 3.8) is 0 Å². The van der Waals surface area contributed by atoms with E-state index in [9.17, 15) is 18.0 Å². The van der Waals surface area contributed by atoms with E-state index in [0.29, 0.717) is 18.7 Å². The van der Waals surface area contributed by atoms with Crippen molar-refractivity contribution in [1.29, 1.82) is 0 Å². The second-order valence-electron chi connectivity index (χ2n) is 4.33. The molecule has 102 valence electrons. The first-order valence-corrected chi connectivity index (χ1v) is 5.76. The van der Waals surface area contributed by atoms with Gasteiger partial charge < -0.3 is 10.6 Å². The summed E-state index contributed by atoms with van der Waals surface area (Å²) < 4.78 is 38.3. The van der Waals surface area contributed by atoms with Crippen LogP contribution in [0.25, 0.3) is 0 Å². The van der Waals surface area contributed by atoms with Gasteiger partial charge in [-0.25, -0.2) is 0 Å². The number of nitrogens with one attached hydrogen (secondary N) is 2. The topological polar surface area (TPSA) is 41.1 Å². The molecule has 1 saturated heterocycles. The van der Waals surface area contributed by atoms with Crippen LogP contribution in [0.2, 0.25) is 0 Å². The van der Waals surface area contributed by atoms with Crippen molar-refractivity contribution in [3.8, 4) is 0 Å². The monoisotopic (exact) mass is 270 g/mol. The standard InChI is InChI=1S/C13H13F3N2O/c1-8(9-6-17-7-9)12(19)18-11-5-3-2-4-10(11)13(14,15)16/h2-5,17H,6-7H2,1H3,(H,18,19). The van der Waals surface area contributed by atoms with Crippen molar-refractivity contribution in [2.45, 2.75) is 13.1 Å². The van der Waals surface area contributed by atoms with Gasteiger partial charge in [0.2, 0.25) is 0 Å². The minimum absolute atomic E-state index is 0.216. The summed E-state index contributed by atoms with van der Waals surface area (Å²) in [5.41, 5.74) is 0.331. The number of halogens is 3. The Bertz CT molecular complexity index is 529. The maximum absolute atomic E-state index is 12.8. The highest BCUT2D eigenvalue weighted by atomic mass is 19.4. The van der Waals surface area contributed by atoms with Crippen molar-refractivity contribution in [1.82, 2.24) is 5.32 Å². The first-order valence-electron chi connectivity index (χ1n) is 5.76. The van der Waals surface area contributed by atoms with Crippen LogP contribution >= 0.6 is 0 Å². The minimum Gasteiger partial charge on any atom is -0.322 e. The molecule has 0 radical (unpaired) electrons. The zero-order chi connectivity index (χ0) is 14.0. The summed E-state index contributed by atoms with van der Waals surface area (Å²) in [6.07, 6.45) is -4.48. The summed E-state index contributed by atoms with van der Waals surface area (Å²) in [5.74, 6) is -0.492. The number of hydrogen-bond donors (Lipinski definition) is 2. The van der Waals surface area contributed by atoms with Crippen molar-refractivity contribution in [3.05, 3.63) is 41.0 Å². The maximum Gasteiger partial charge on any atom is 0.418 e. The first kappa shape index (κ1) is 13.6. The zero-order valence-corrected chi connectivity index (χ0v) is 10.3. The van der Waals surface area contributed by atoms with E-state index < -0.39 is 17.6 Å². The summed E-state index contributed by atoms with van der Waals surface area (Å²) >= 11 is 0. The van der Waals surface area contributed by atoms with Gasteiger partial charge in [0.1, 0.15) is 0 Å². The van der Waals surface area contributed by atoms with Crippen LogP contribution in [-0.2, 0) is 11.0 Å². The lowest BCUT2D eigenvalue weighted by molar-refractivity contribution is -0.137. The second-order valence-corrected chi connectivity index (χ2v) is 4.33. The van der Waals surface area contributed by atoms with Crippen LogP contribution in [-0.4, -0.2) is 19.0 Å². The summed E-state index contributed by atoms with van der Waals surface area (Å²) in [7, 11) is 0. The molecule has 1 aromatic rings. The molecule has 1 aromatic carbocycles. The summed E-state index contributed by atoms with van der Waals surface area (Å²) in [4.78, 5) is 11.9. The molecule has 0 aromatic heterocycles. The van der Waals surface area contributed by atoms with Gasteiger partial charge in [-0.1, -0.05) is 12.1 Å². The lowest BCUT2D eigenvalue weighted by Gasteiger charge is -2.22. The van der Waals surface area contributed by atoms with Gasteiger partial charge >= 0.3 is 6.18 Å². The van der Waals surface area contributed by atoms with E-state index in [1.54, 1.807) is 6.92 Å². The Labute approximate surface area is 108 Å². The number of hydrogen-bond acceptors (Lipinski definition) is 2.